The minimum Gasteiger partial charge on any atom is -0.496 e. The second-order valence-electron chi connectivity index (χ2n) is 3.96. The van der Waals surface area contributed by atoms with Gasteiger partial charge in [-0.1, -0.05) is 0 Å². The molecule has 16 heavy (non-hydrogen) atoms. The topological polar surface area (TPSA) is 35.5 Å². The molecule has 0 aliphatic carbocycles. The van der Waals surface area contributed by atoms with Crippen molar-refractivity contribution in [2.75, 3.05) is 14.2 Å². The normalized spacial score (nSPS) is 11.1. The molecule has 0 amide bonds. The fourth-order valence-corrected chi connectivity index (χ4v) is 1.53. The van der Waals surface area contributed by atoms with Crippen LogP contribution in [0.1, 0.15) is 19.4 Å². The standard InChI is InChI=1S/C12H15FO3/c1-12(2,11(14)16-4)9-7-8(13)5-6-10(9)15-3/h5-7H,1-4H3. The van der Waals surface area contributed by atoms with Crippen molar-refractivity contribution in [1.82, 2.24) is 0 Å². The third-order valence-electron chi connectivity index (χ3n) is 2.53. The Morgan fingerprint density at radius 2 is 1.94 bits per heavy atom. The lowest BCUT2D eigenvalue weighted by molar-refractivity contribution is -0.146. The first kappa shape index (κ1) is 12.5. The highest BCUT2D eigenvalue weighted by molar-refractivity contribution is 5.83. The molecule has 0 radical (unpaired) electrons. The van der Waals surface area contributed by atoms with Crippen LogP contribution in [0, 0.1) is 5.82 Å². The van der Waals surface area contributed by atoms with Crippen molar-refractivity contribution in [3.05, 3.63) is 29.6 Å². The Labute approximate surface area is 94.2 Å². The maximum atomic E-state index is 13.2. The third kappa shape index (κ3) is 2.15. The van der Waals surface area contributed by atoms with Gasteiger partial charge in [0.2, 0.25) is 0 Å². The Kier molecular flexibility index (Phi) is 3.52. The maximum absolute atomic E-state index is 13.2. The second kappa shape index (κ2) is 4.51. The van der Waals surface area contributed by atoms with E-state index < -0.39 is 17.2 Å². The van der Waals surface area contributed by atoms with Gasteiger partial charge in [0.25, 0.3) is 0 Å². The van der Waals surface area contributed by atoms with Gasteiger partial charge in [0.1, 0.15) is 11.6 Å². The van der Waals surface area contributed by atoms with E-state index in [1.807, 2.05) is 0 Å². The summed E-state index contributed by atoms with van der Waals surface area (Å²) in [6.07, 6.45) is 0. The van der Waals surface area contributed by atoms with Gasteiger partial charge in [-0.25, -0.2) is 4.39 Å². The van der Waals surface area contributed by atoms with Gasteiger partial charge >= 0.3 is 5.97 Å². The molecule has 0 aliphatic rings. The largest absolute Gasteiger partial charge is 0.496 e. The first-order valence-corrected chi connectivity index (χ1v) is 4.86. The van der Waals surface area contributed by atoms with Crippen LogP contribution in [0.2, 0.25) is 0 Å². The summed E-state index contributed by atoms with van der Waals surface area (Å²) in [5, 5.41) is 0. The van der Waals surface area contributed by atoms with Gasteiger partial charge in [0.05, 0.1) is 19.6 Å². The van der Waals surface area contributed by atoms with Crippen molar-refractivity contribution in [3.8, 4) is 5.75 Å². The Morgan fingerprint density at radius 3 is 2.44 bits per heavy atom. The molecule has 1 rings (SSSR count). The molecule has 4 heteroatoms. The highest BCUT2D eigenvalue weighted by Crippen LogP contribution is 2.33. The van der Waals surface area contributed by atoms with Crippen LogP contribution in [0.15, 0.2) is 18.2 Å². The summed E-state index contributed by atoms with van der Waals surface area (Å²) >= 11 is 0. The second-order valence-corrected chi connectivity index (χ2v) is 3.96. The molecule has 1 aromatic rings. The summed E-state index contributed by atoms with van der Waals surface area (Å²) in [5.41, 5.74) is -0.468. The molecule has 0 fully saturated rings. The van der Waals surface area contributed by atoms with E-state index in [2.05, 4.69) is 0 Å². The van der Waals surface area contributed by atoms with E-state index in [0.29, 0.717) is 11.3 Å². The zero-order chi connectivity index (χ0) is 12.3. The molecule has 0 N–H and O–H groups in total. The summed E-state index contributed by atoms with van der Waals surface area (Å²) < 4.78 is 23.0. The van der Waals surface area contributed by atoms with Crippen LogP contribution in [0.25, 0.3) is 0 Å². The number of methoxy groups -OCH3 is 2. The molecular formula is C12H15FO3. The van der Waals surface area contributed by atoms with Crippen LogP contribution in [0.5, 0.6) is 5.75 Å². The van der Waals surface area contributed by atoms with Crippen molar-refractivity contribution >= 4 is 5.97 Å². The molecule has 0 spiro atoms. The van der Waals surface area contributed by atoms with Crippen LogP contribution < -0.4 is 4.74 Å². The molecular weight excluding hydrogens is 211 g/mol. The molecule has 3 nitrogen and oxygen atoms in total. The molecule has 88 valence electrons. The minimum absolute atomic E-state index is 0.409. The van der Waals surface area contributed by atoms with Gasteiger partial charge in [-0.2, -0.15) is 0 Å². The molecule has 1 aromatic carbocycles. The van der Waals surface area contributed by atoms with Crippen molar-refractivity contribution in [3.63, 3.8) is 0 Å². The predicted molar refractivity (Wildman–Crippen MR) is 58.0 cm³/mol. The van der Waals surface area contributed by atoms with E-state index >= 15 is 0 Å². The number of hydrogen-bond donors (Lipinski definition) is 0. The van der Waals surface area contributed by atoms with Gasteiger partial charge in [0.15, 0.2) is 0 Å². The molecule has 0 aromatic heterocycles. The van der Waals surface area contributed by atoms with Crippen molar-refractivity contribution in [2.24, 2.45) is 0 Å². The van der Waals surface area contributed by atoms with Gasteiger partial charge in [-0.15, -0.1) is 0 Å². The average Bonchev–Trinajstić information content (AvgIpc) is 2.27. The minimum atomic E-state index is -0.942. The fraction of sp³-hybridized carbons (Fsp3) is 0.417. The SMILES string of the molecule is COC(=O)C(C)(C)c1cc(F)ccc1OC. The number of ether oxygens (including phenoxy) is 2. The number of carbonyl (C=O) groups is 1. The predicted octanol–water partition coefficient (Wildman–Crippen LogP) is 2.28. The van der Waals surface area contributed by atoms with Crippen LogP contribution in [-0.2, 0) is 14.9 Å². The lowest BCUT2D eigenvalue weighted by atomic mass is 9.84. The van der Waals surface area contributed by atoms with E-state index in [1.54, 1.807) is 13.8 Å². The molecule has 0 aliphatic heterocycles. The van der Waals surface area contributed by atoms with E-state index in [0.717, 1.165) is 0 Å². The van der Waals surface area contributed by atoms with Crippen LogP contribution >= 0.6 is 0 Å². The third-order valence-corrected chi connectivity index (χ3v) is 2.53. The van der Waals surface area contributed by atoms with Crippen molar-refractivity contribution < 1.29 is 18.7 Å². The Hall–Kier alpha value is -1.58. The van der Waals surface area contributed by atoms with E-state index in [-0.39, 0.29) is 0 Å². The number of esters is 1. The molecule has 0 saturated carbocycles. The van der Waals surface area contributed by atoms with E-state index in [9.17, 15) is 9.18 Å². The van der Waals surface area contributed by atoms with Crippen molar-refractivity contribution in [2.45, 2.75) is 19.3 Å². The first-order chi connectivity index (χ1) is 7.43. The van der Waals surface area contributed by atoms with Crippen LogP contribution in [0.4, 0.5) is 4.39 Å². The summed E-state index contributed by atoms with van der Waals surface area (Å²) in [4.78, 5) is 11.6. The number of hydrogen-bond acceptors (Lipinski definition) is 3. The Morgan fingerprint density at radius 1 is 1.31 bits per heavy atom. The molecule has 0 bridgehead atoms. The van der Waals surface area contributed by atoms with Crippen molar-refractivity contribution in [1.29, 1.82) is 0 Å². The number of rotatable bonds is 3. The number of benzene rings is 1. The lowest BCUT2D eigenvalue weighted by Crippen LogP contribution is -2.30. The van der Waals surface area contributed by atoms with Gasteiger partial charge in [0, 0.05) is 5.56 Å². The summed E-state index contributed by atoms with van der Waals surface area (Å²) in [6, 6.07) is 4.07. The molecule has 0 unspecified atom stereocenters. The highest BCUT2D eigenvalue weighted by atomic mass is 19.1. The Bertz CT molecular complexity index is 399. The quantitative estimate of drug-likeness (QED) is 0.742. The number of halogens is 1. The lowest BCUT2D eigenvalue weighted by Gasteiger charge is -2.24. The maximum Gasteiger partial charge on any atom is 0.315 e. The average molecular weight is 226 g/mol. The first-order valence-electron chi connectivity index (χ1n) is 4.86. The zero-order valence-electron chi connectivity index (χ0n) is 9.83. The van der Waals surface area contributed by atoms with Gasteiger partial charge in [-0.3, -0.25) is 4.79 Å². The van der Waals surface area contributed by atoms with E-state index in [4.69, 9.17) is 9.47 Å². The molecule has 0 saturated heterocycles. The number of carbonyl (C=O) groups excluding carboxylic acids is 1. The molecule has 0 heterocycles. The summed E-state index contributed by atoms with van der Waals surface area (Å²) in [7, 11) is 2.78. The van der Waals surface area contributed by atoms with Gasteiger partial charge in [-0.05, 0) is 32.0 Å². The fourth-order valence-electron chi connectivity index (χ4n) is 1.53. The smallest absolute Gasteiger partial charge is 0.315 e. The van der Waals surface area contributed by atoms with Crippen LogP contribution in [-0.4, -0.2) is 20.2 Å². The summed E-state index contributed by atoms with van der Waals surface area (Å²) in [6.45, 7) is 3.33. The highest BCUT2D eigenvalue weighted by Gasteiger charge is 2.34. The monoisotopic (exact) mass is 226 g/mol. The summed E-state index contributed by atoms with van der Waals surface area (Å²) in [5.74, 6) is -0.374. The van der Waals surface area contributed by atoms with E-state index in [1.165, 1.54) is 32.4 Å². The van der Waals surface area contributed by atoms with Crippen LogP contribution in [0.3, 0.4) is 0 Å². The van der Waals surface area contributed by atoms with Gasteiger partial charge < -0.3 is 9.47 Å². The zero-order valence-corrected chi connectivity index (χ0v) is 9.83. The molecule has 0 atom stereocenters. The Balaban J connectivity index is 3.30.